The minimum atomic E-state index is -4.46. The number of aliphatic carboxylic acids is 1. The zero-order valence-corrected chi connectivity index (χ0v) is 13.0. The van der Waals surface area contributed by atoms with E-state index in [2.05, 4.69) is 0 Å². The number of hydrogen-bond donors (Lipinski definition) is 1. The van der Waals surface area contributed by atoms with Crippen LogP contribution in [0.25, 0.3) is 11.1 Å². The Bertz CT molecular complexity index is 815. The lowest BCUT2D eigenvalue weighted by atomic mass is 9.99. The molecule has 1 saturated heterocycles. The minimum absolute atomic E-state index is 0.0534. The second-order valence-electron chi connectivity index (χ2n) is 5.83. The van der Waals surface area contributed by atoms with Crippen molar-refractivity contribution in [2.75, 3.05) is 11.4 Å². The molecule has 1 fully saturated rings. The zero-order chi connectivity index (χ0) is 18.2. The molecule has 0 spiro atoms. The van der Waals surface area contributed by atoms with E-state index in [4.69, 9.17) is 5.11 Å². The summed E-state index contributed by atoms with van der Waals surface area (Å²) >= 11 is 0. The number of halogens is 3. The summed E-state index contributed by atoms with van der Waals surface area (Å²) in [5.74, 6) is -2.11. The van der Waals surface area contributed by atoms with Gasteiger partial charge in [0.05, 0.1) is 11.5 Å². The van der Waals surface area contributed by atoms with Gasteiger partial charge in [-0.2, -0.15) is 13.2 Å². The first-order valence-corrected chi connectivity index (χ1v) is 7.57. The van der Waals surface area contributed by atoms with Crippen molar-refractivity contribution in [2.24, 2.45) is 5.92 Å². The molecule has 0 aliphatic carbocycles. The third kappa shape index (κ3) is 3.35. The molecule has 2 aromatic rings. The predicted octanol–water partition coefficient (Wildman–Crippen LogP) is 3.81. The number of hydrogen-bond acceptors (Lipinski definition) is 2. The molecule has 2 aromatic carbocycles. The van der Waals surface area contributed by atoms with E-state index in [9.17, 15) is 22.8 Å². The van der Waals surface area contributed by atoms with Crippen LogP contribution in [0.2, 0.25) is 0 Å². The van der Waals surface area contributed by atoms with Crippen LogP contribution in [0.5, 0.6) is 0 Å². The first-order valence-electron chi connectivity index (χ1n) is 7.57. The molecule has 1 heterocycles. The monoisotopic (exact) mass is 349 g/mol. The van der Waals surface area contributed by atoms with E-state index >= 15 is 0 Å². The smallest absolute Gasteiger partial charge is 0.417 e. The van der Waals surface area contributed by atoms with Gasteiger partial charge >= 0.3 is 12.1 Å². The number of carbonyl (C=O) groups excluding carboxylic acids is 1. The Balaban J connectivity index is 1.90. The maximum atomic E-state index is 13.1. The van der Waals surface area contributed by atoms with Gasteiger partial charge in [-0.1, -0.05) is 30.3 Å². The predicted molar refractivity (Wildman–Crippen MR) is 85.0 cm³/mol. The fourth-order valence-corrected chi connectivity index (χ4v) is 2.93. The number of benzene rings is 2. The van der Waals surface area contributed by atoms with Gasteiger partial charge in [-0.25, -0.2) is 0 Å². The summed E-state index contributed by atoms with van der Waals surface area (Å²) in [5.41, 5.74) is 0.170. The van der Waals surface area contributed by atoms with Crippen molar-refractivity contribution in [2.45, 2.75) is 12.6 Å². The quantitative estimate of drug-likeness (QED) is 0.917. The molecule has 0 bridgehead atoms. The van der Waals surface area contributed by atoms with Crippen LogP contribution in [0.3, 0.4) is 0 Å². The summed E-state index contributed by atoms with van der Waals surface area (Å²) in [6.07, 6.45) is -4.54. The van der Waals surface area contributed by atoms with Crippen LogP contribution < -0.4 is 4.90 Å². The average Bonchev–Trinajstić information content (AvgIpc) is 2.96. The number of alkyl halides is 3. The lowest BCUT2D eigenvalue weighted by molar-refractivity contribution is -0.141. The molecule has 1 aliphatic heterocycles. The number of carbonyl (C=O) groups is 2. The van der Waals surface area contributed by atoms with Gasteiger partial charge in [-0.15, -0.1) is 0 Å². The third-order valence-corrected chi connectivity index (χ3v) is 4.20. The summed E-state index contributed by atoms with van der Waals surface area (Å²) in [4.78, 5) is 24.3. The molecule has 1 amide bonds. The van der Waals surface area contributed by atoms with Gasteiger partial charge in [-0.3, -0.25) is 9.59 Å². The Morgan fingerprint density at radius 2 is 1.72 bits per heavy atom. The molecule has 7 heteroatoms. The molecule has 130 valence electrons. The van der Waals surface area contributed by atoms with Gasteiger partial charge in [0, 0.05) is 18.7 Å². The van der Waals surface area contributed by atoms with E-state index in [0.717, 1.165) is 6.07 Å². The van der Waals surface area contributed by atoms with Crippen molar-refractivity contribution < 1.29 is 27.9 Å². The highest BCUT2D eigenvalue weighted by Crippen LogP contribution is 2.37. The number of nitrogens with zero attached hydrogens (tertiary/aromatic N) is 1. The number of amides is 1. The van der Waals surface area contributed by atoms with E-state index in [1.54, 1.807) is 0 Å². The average molecular weight is 349 g/mol. The first-order chi connectivity index (χ1) is 11.8. The summed E-state index contributed by atoms with van der Waals surface area (Å²) in [5, 5.41) is 9.01. The normalized spacial score (nSPS) is 17.8. The third-order valence-electron chi connectivity index (χ3n) is 4.20. The summed E-state index contributed by atoms with van der Waals surface area (Å²) < 4.78 is 39.4. The number of rotatable bonds is 3. The van der Waals surface area contributed by atoms with E-state index < -0.39 is 23.6 Å². The number of anilines is 1. The summed E-state index contributed by atoms with van der Waals surface area (Å²) in [7, 11) is 0. The maximum Gasteiger partial charge on any atom is 0.417 e. The van der Waals surface area contributed by atoms with E-state index in [0.29, 0.717) is 11.3 Å². The Morgan fingerprint density at radius 3 is 2.28 bits per heavy atom. The molecule has 3 rings (SSSR count). The first kappa shape index (κ1) is 17.0. The summed E-state index contributed by atoms with van der Waals surface area (Å²) in [6.45, 7) is 0.0622. The maximum absolute atomic E-state index is 13.1. The Kier molecular flexibility index (Phi) is 4.24. The van der Waals surface area contributed by atoms with Crippen LogP contribution in [0.1, 0.15) is 12.0 Å². The van der Waals surface area contributed by atoms with Crippen LogP contribution in [0.4, 0.5) is 18.9 Å². The Morgan fingerprint density at radius 1 is 1.08 bits per heavy atom. The van der Waals surface area contributed by atoms with Gasteiger partial charge < -0.3 is 10.0 Å². The van der Waals surface area contributed by atoms with Crippen molar-refractivity contribution in [3.63, 3.8) is 0 Å². The van der Waals surface area contributed by atoms with Gasteiger partial charge in [0.25, 0.3) is 0 Å². The highest BCUT2D eigenvalue weighted by atomic mass is 19.4. The van der Waals surface area contributed by atoms with Gasteiger partial charge in [0.1, 0.15) is 0 Å². The molecule has 1 atom stereocenters. The second-order valence-corrected chi connectivity index (χ2v) is 5.83. The van der Waals surface area contributed by atoms with E-state index in [1.807, 2.05) is 0 Å². The standard InChI is InChI=1S/C18H14F3NO3/c19-18(20,21)15-4-2-1-3-14(15)11-5-7-13(8-6-11)22-10-12(17(24)25)9-16(22)23/h1-8,12H,9-10H2,(H,24,25). The molecular weight excluding hydrogens is 335 g/mol. The molecular formula is C18H14F3NO3. The van der Waals surface area contributed by atoms with Crippen LogP contribution >= 0.6 is 0 Å². The van der Waals surface area contributed by atoms with Gasteiger partial charge in [-0.05, 0) is 29.3 Å². The topological polar surface area (TPSA) is 57.6 Å². The highest BCUT2D eigenvalue weighted by Gasteiger charge is 2.35. The second kappa shape index (κ2) is 6.23. The van der Waals surface area contributed by atoms with Crippen LogP contribution in [0.15, 0.2) is 48.5 Å². The summed E-state index contributed by atoms with van der Waals surface area (Å²) in [6, 6.07) is 11.3. The molecule has 4 nitrogen and oxygen atoms in total. The zero-order valence-electron chi connectivity index (χ0n) is 13.0. The van der Waals surface area contributed by atoms with Gasteiger partial charge in [0.15, 0.2) is 0 Å². The minimum Gasteiger partial charge on any atom is -0.481 e. The van der Waals surface area contributed by atoms with E-state index in [-0.39, 0.29) is 24.4 Å². The molecule has 0 saturated carbocycles. The van der Waals surface area contributed by atoms with Gasteiger partial charge in [0.2, 0.25) is 5.91 Å². The Hall–Kier alpha value is -2.83. The number of carboxylic acid groups (broad SMARTS) is 1. The van der Waals surface area contributed by atoms with Crippen molar-refractivity contribution in [3.8, 4) is 11.1 Å². The van der Waals surface area contributed by atoms with Crippen molar-refractivity contribution in [1.82, 2.24) is 0 Å². The lowest BCUT2D eigenvalue weighted by Crippen LogP contribution is -2.25. The van der Waals surface area contributed by atoms with Crippen LogP contribution in [-0.2, 0) is 15.8 Å². The Labute approximate surface area is 141 Å². The van der Waals surface area contributed by atoms with Crippen molar-refractivity contribution in [1.29, 1.82) is 0 Å². The number of carboxylic acids is 1. The van der Waals surface area contributed by atoms with Crippen LogP contribution in [-0.4, -0.2) is 23.5 Å². The largest absolute Gasteiger partial charge is 0.481 e. The van der Waals surface area contributed by atoms with Crippen molar-refractivity contribution >= 4 is 17.6 Å². The molecule has 0 aromatic heterocycles. The SMILES string of the molecule is O=C(O)C1CC(=O)N(c2ccc(-c3ccccc3C(F)(F)F)cc2)C1. The molecule has 1 aliphatic rings. The van der Waals surface area contributed by atoms with Crippen molar-refractivity contribution in [3.05, 3.63) is 54.1 Å². The molecule has 1 N–H and O–H groups in total. The van der Waals surface area contributed by atoms with Crippen LogP contribution in [0, 0.1) is 5.92 Å². The highest BCUT2D eigenvalue weighted by molar-refractivity contribution is 5.99. The molecule has 25 heavy (non-hydrogen) atoms. The fraction of sp³-hybridized carbons (Fsp3) is 0.222. The molecule has 1 unspecified atom stereocenters. The lowest BCUT2D eigenvalue weighted by Gasteiger charge is -2.17. The fourth-order valence-electron chi connectivity index (χ4n) is 2.93. The van der Waals surface area contributed by atoms with E-state index in [1.165, 1.54) is 47.4 Å². The molecule has 0 radical (unpaired) electrons.